The van der Waals surface area contributed by atoms with Gasteiger partial charge in [0.2, 0.25) is 0 Å². The minimum absolute atomic E-state index is 0.266. The fraction of sp³-hybridized carbons (Fsp3) is 0.250. The van der Waals surface area contributed by atoms with Crippen LogP contribution in [0.2, 0.25) is 5.02 Å². The van der Waals surface area contributed by atoms with Gasteiger partial charge in [0, 0.05) is 23.1 Å². The number of hydrogen-bond acceptors (Lipinski definition) is 3. The molecule has 0 aliphatic rings. The molecule has 0 aliphatic carbocycles. The Morgan fingerprint density at radius 1 is 1.14 bits per heavy atom. The fourth-order valence-corrected chi connectivity index (χ4v) is 2.34. The molecule has 0 aliphatic heterocycles. The van der Waals surface area contributed by atoms with Crippen molar-refractivity contribution in [3.63, 3.8) is 0 Å². The molecule has 1 unspecified atom stereocenters. The molecule has 2 rings (SSSR count). The summed E-state index contributed by atoms with van der Waals surface area (Å²) in [5.41, 5.74) is 1.29. The Kier molecular flexibility index (Phi) is 5.04. The first kappa shape index (κ1) is 15.6. The molecule has 0 heterocycles. The Morgan fingerprint density at radius 2 is 1.90 bits per heavy atom. The third kappa shape index (κ3) is 3.65. The molecular formula is C16H16ClFO3. The maximum absolute atomic E-state index is 13.0. The van der Waals surface area contributed by atoms with Crippen LogP contribution in [0.4, 0.5) is 4.39 Å². The van der Waals surface area contributed by atoms with Gasteiger partial charge in [-0.3, -0.25) is 0 Å². The van der Waals surface area contributed by atoms with E-state index in [1.165, 1.54) is 19.2 Å². The lowest BCUT2D eigenvalue weighted by Crippen LogP contribution is -2.05. The molecule has 2 aromatic rings. The van der Waals surface area contributed by atoms with Gasteiger partial charge in [0.25, 0.3) is 0 Å². The Labute approximate surface area is 127 Å². The van der Waals surface area contributed by atoms with Gasteiger partial charge in [-0.25, -0.2) is 4.39 Å². The van der Waals surface area contributed by atoms with Crippen molar-refractivity contribution in [3.8, 4) is 11.5 Å². The van der Waals surface area contributed by atoms with E-state index in [0.717, 1.165) is 0 Å². The first-order valence-electron chi connectivity index (χ1n) is 6.39. The van der Waals surface area contributed by atoms with Gasteiger partial charge in [0.05, 0.1) is 20.3 Å². The summed E-state index contributed by atoms with van der Waals surface area (Å²) in [6.07, 6.45) is -0.546. The van der Waals surface area contributed by atoms with Gasteiger partial charge in [-0.15, -0.1) is 0 Å². The average Bonchev–Trinajstić information content (AvgIpc) is 2.49. The highest BCUT2D eigenvalue weighted by Gasteiger charge is 2.16. The second-order valence-corrected chi connectivity index (χ2v) is 4.97. The van der Waals surface area contributed by atoms with E-state index in [4.69, 9.17) is 21.1 Å². The van der Waals surface area contributed by atoms with E-state index < -0.39 is 11.9 Å². The topological polar surface area (TPSA) is 38.7 Å². The highest BCUT2D eigenvalue weighted by molar-refractivity contribution is 6.31. The van der Waals surface area contributed by atoms with Crippen LogP contribution in [0.1, 0.15) is 17.2 Å². The molecule has 0 radical (unpaired) electrons. The van der Waals surface area contributed by atoms with Gasteiger partial charge < -0.3 is 14.6 Å². The number of halogens is 2. The van der Waals surface area contributed by atoms with Gasteiger partial charge in [-0.2, -0.15) is 0 Å². The smallest absolute Gasteiger partial charge is 0.128 e. The fourth-order valence-electron chi connectivity index (χ4n) is 2.10. The number of hydrogen-bond donors (Lipinski definition) is 1. The highest BCUT2D eigenvalue weighted by atomic mass is 35.5. The lowest BCUT2D eigenvalue weighted by atomic mass is 10.0. The van der Waals surface area contributed by atoms with Crippen molar-refractivity contribution in [3.05, 3.63) is 58.4 Å². The van der Waals surface area contributed by atoms with Crippen LogP contribution in [-0.4, -0.2) is 19.3 Å². The Bertz CT molecular complexity index is 631. The van der Waals surface area contributed by atoms with Crippen molar-refractivity contribution in [1.82, 2.24) is 0 Å². The van der Waals surface area contributed by atoms with Crippen LogP contribution in [0.25, 0.3) is 0 Å². The van der Waals surface area contributed by atoms with E-state index in [0.29, 0.717) is 27.6 Å². The standard InChI is InChI=1S/C16H16ClFO3/c1-20-12-5-6-13(16(9-12)21-2)15(19)7-10-3-4-11(18)8-14(10)17/h3-6,8-9,15,19H,7H2,1-2H3. The van der Waals surface area contributed by atoms with Crippen LogP contribution in [0.15, 0.2) is 36.4 Å². The Balaban J connectivity index is 2.25. The number of benzene rings is 2. The van der Waals surface area contributed by atoms with Crippen molar-refractivity contribution in [2.45, 2.75) is 12.5 Å². The molecule has 0 saturated heterocycles. The van der Waals surface area contributed by atoms with Crippen molar-refractivity contribution in [1.29, 1.82) is 0 Å². The number of aliphatic hydroxyl groups is 1. The zero-order chi connectivity index (χ0) is 15.4. The molecule has 0 bridgehead atoms. The first-order chi connectivity index (χ1) is 10.0. The van der Waals surface area contributed by atoms with Crippen LogP contribution in [-0.2, 0) is 6.42 Å². The molecule has 2 aromatic carbocycles. The van der Waals surface area contributed by atoms with Gasteiger partial charge in [0.15, 0.2) is 0 Å². The predicted molar refractivity (Wildman–Crippen MR) is 79.6 cm³/mol. The first-order valence-corrected chi connectivity index (χ1v) is 6.77. The number of rotatable bonds is 5. The number of aliphatic hydroxyl groups excluding tert-OH is 1. The average molecular weight is 311 g/mol. The monoisotopic (exact) mass is 310 g/mol. The van der Waals surface area contributed by atoms with Gasteiger partial charge in [-0.1, -0.05) is 17.7 Å². The molecule has 1 atom stereocenters. The van der Waals surface area contributed by atoms with E-state index in [1.807, 2.05) is 0 Å². The summed E-state index contributed by atoms with van der Waals surface area (Å²) >= 11 is 5.98. The van der Waals surface area contributed by atoms with Gasteiger partial charge in [-0.05, 0) is 29.8 Å². The van der Waals surface area contributed by atoms with E-state index in [-0.39, 0.29) is 6.42 Å². The lowest BCUT2D eigenvalue weighted by Gasteiger charge is -2.16. The van der Waals surface area contributed by atoms with Crippen molar-refractivity contribution >= 4 is 11.6 Å². The van der Waals surface area contributed by atoms with Crippen molar-refractivity contribution in [2.75, 3.05) is 14.2 Å². The zero-order valence-electron chi connectivity index (χ0n) is 11.8. The van der Waals surface area contributed by atoms with Crippen molar-refractivity contribution in [2.24, 2.45) is 0 Å². The molecule has 1 N–H and O–H groups in total. The van der Waals surface area contributed by atoms with Crippen molar-refractivity contribution < 1.29 is 19.0 Å². The van der Waals surface area contributed by atoms with Crippen LogP contribution in [0, 0.1) is 5.82 Å². The summed E-state index contributed by atoms with van der Waals surface area (Å²) in [5.74, 6) is 0.767. The molecule has 3 nitrogen and oxygen atoms in total. The minimum Gasteiger partial charge on any atom is -0.497 e. The van der Waals surface area contributed by atoms with E-state index >= 15 is 0 Å². The summed E-state index contributed by atoms with van der Waals surface area (Å²) < 4.78 is 23.4. The van der Waals surface area contributed by atoms with Gasteiger partial charge in [0.1, 0.15) is 17.3 Å². The molecule has 21 heavy (non-hydrogen) atoms. The normalized spacial score (nSPS) is 12.0. The molecular weight excluding hydrogens is 295 g/mol. The largest absolute Gasteiger partial charge is 0.497 e. The van der Waals surface area contributed by atoms with Gasteiger partial charge >= 0.3 is 0 Å². The summed E-state index contributed by atoms with van der Waals surface area (Å²) in [5, 5.41) is 10.7. The molecule has 0 spiro atoms. The number of ether oxygens (including phenoxy) is 2. The third-order valence-corrected chi connectivity index (χ3v) is 3.58. The lowest BCUT2D eigenvalue weighted by molar-refractivity contribution is 0.174. The molecule has 0 fully saturated rings. The summed E-state index contributed by atoms with van der Waals surface area (Å²) in [7, 11) is 3.08. The second kappa shape index (κ2) is 6.78. The van der Waals surface area contributed by atoms with Crippen LogP contribution >= 0.6 is 11.6 Å². The molecule has 0 saturated carbocycles. The third-order valence-electron chi connectivity index (χ3n) is 3.23. The predicted octanol–water partition coefficient (Wildman–Crippen LogP) is 3.77. The minimum atomic E-state index is -0.811. The zero-order valence-corrected chi connectivity index (χ0v) is 12.5. The van der Waals surface area contributed by atoms with Crippen LogP contribution in [0.3, 0.4) is 0 Å². The number of methoxy groups -OCH3 is 2. The molecule has 5 heteroatoms. The Morgan fingerprint density at radius 3 is 2.52 bits per heavy atom. The SMILES string of the molecule is COc1ccc(C(O)Cc2ccc(F)cc2Cl)c(OC)c1. The van der Waals surface area contributed by atoms with Crippen LogP contribution < -0.4 is 9.47 Å². The Hall–Kier alpha value is -1.78. The quantitative estimate of drug-likeness (QED) is 0.913. The molecule has 112 valence electrons. The van der Waals surface area contributed by atoms with E-state index in [1.54, 1.807) is 31.4 Å². The summed E-state index contributed by atoms with van der Waals surface area (Å²) in [6, 6.07) is 9.29. The van der Waals surface area contributed by atoms with Crippen LogP contribution in [0.5, 0.6) is 11.5 Å². The van der Waals surface area contributed by atoms with E-state index in [9.17, 15) is 9.50 Å². The second-order valence-electron chi connectivity index (χ2n) is 4.56. The van der Waals surface area contributed by atoms with E-state index in [2.05, 4.69) is 0 Å². The maximum atomic E-state index is 13.0. The summed E-state index contributed by atoms with van der Waals surface area (Å²) in [6.45, 7) is 0. The molecule has 0 aromatic heterocycles. The maximum Gasteiger partial charge on any atom is 0.128 e. The highest BCUT2D eigenvalue weighted by Crippen LogP contribution is 2.32. The molecule has 0 amide bonds. The summed E-state index contributed by atoms with van der Waals surface area (Å²) in [4.78, 5) is 0.